The normalized spacial score (nSPS) is 12.5. The van der Waals surface area contributed by atoms with Gasteiger partial charge in [-0.2, -0.15) is 0 Å². The molecule has 0 heterocycles. The van der Waals surface area contributed by atoms with Gasteiger partial charge in [-0.05, 0) is 35.3 Å². The molecule has 0 spiro atoms. The molecule has 0 aliphatic heterocycles. The number of benzene rings is 1. The van der Waals surface area contributed by atoms with E-state index in [2.05, 4.69) is 35.1 Å². The largest absolute Gasteiger partial charge is 0.397 e. The Kier molecular flexibility index (Phi) is 5.75. The number of anilines is 2. The van der Waals surface area contributed by atoms with Crippen LogP contribution in [0.2, 0.25) is 0 Å². The van der Waals surface area contributed by atoms with Crippen LogP contribution in [0.5, 0.6) is 0 Å². The van der Waals surface area contributed by atoms with Crippen molar-refractivity contribution in [2.75, 3.05) is 11.1 Å². The predicted molar refractivity (Wildman–Crippen MR) is 75.7 cm³/mol. The second-order valence-electron chi connectivity index (χ2n) is 4.39. The maximum atomic E-state index is 13.2. The highest BCUT2D eigenvalue weighted by atomic mass is 79.9. The number of halogens is 2. The highest BCUT2D eigenvalue weighted by Gasteiger charge is 2.08. The molecule has 0 radical (unpaired) electrons. The van der Waals surface area contributed by atoms with Gasteiger partial charge >= 0.3 is 0 Å². The lowest BCUT2D eigenvalue weighted by Gasteiger charge is -2.17. The Hall–Kier alpha value is -0.770. The van der Waals surface area contributed by atoms with Gasteiger partial charge in [0.15, 0.2) is 0 Å². The van der Waals surface area contributed by atoms with E-state index in [4.69, 9.17) is 5.73 Å². The minimum Gasteiger partial charge on any atom is -0.397 e. The third-order valence-corrected chi connectivity index (χ3v) is 3.34. The molecular formula is C13H20BrFN2. The van der Waals surface area contributed by atoms with Crippen LogP contribution in [0.3, 0.4) is 0 Å². The Morgan fingerprint density at radius 3 is 2.76 bits per heavy atom. The fraction of sp³-hybridized carbons (Fsp3) is 0.538. The lowest BCUT2D eigenvalue weighted by atomic mass is 10.1. The van der Waals surface area contributed by atoms with E-state index < -0.39 is 0 Å². The molecule has 2 nitrogen and oxygen atoms in total. The molecule has 0 aliphatic rings. The number of nitrogens with one attached hydrogen (secondary N) is 1. The first kappa shape index (κ1) is 14.3. The smallest absolute Gasteiger partial charge is 0.139 e. The second kappa shape index (κ2) is 6.84. The molecule has 17 heavy (non-hydrogen) atoms. The summed E-state index contributed by atoms with van der Waals surface area (Å²) in [4.78, 5) is 0. The fourth-order valence-corrected chi connectivity index (χ4v) is 2.07. The van der Waals surface area contributed by atoms with Crippen molar-refractivity contribution < 1.29 is 4.39 Å². The SMILES string of the molecule is CCCCCC(C)Nc1cc(Br)c(F)cc1N. The summed E-state index contributed by atoms with van der Waals surface area (Å²) in [6.45, 7) is 4.31. The van der Waals surface area contributed by atoms with Crippen molar-refractivity contribution in [3.63, 3.8) is 0 Å². The van der Waals surface area contributed by atoms with Crippen LogP contribution >= 0.6 is 15.9 Å². The molecule has 3 N–H and O–H groups in total. The Labute approximate surface area is 111 Å². The topological polar surface area (TPSA) is 38.0 Å². The zero-order valence-corrected chi connectivity index (χ0v) is 12.0. The van der Waals surface area contributed by atoms with Crippen molar-refractivity contribution in [3.8, 4) is 0 Å². The minimum atomic E-state index is -0.327. The summed E-state index contributed by atoms with van der Waals surface area (Å²) < 4.78 is 13.6. The van der Waals surface area contributed by atoms with Gasteiger partial charge in [-0.25, -0.2) is 4.39 Å². The van der Waals surface area contributed by atoms with E-state index in [0.29, 0.717) is 16.2 Å². The first-order chi connectivity index (χ1) is 8.04. The molecule has 1 atom stereocenters. The zero-order valence-electron chi connectivity index (χ0n) is 10.4. The van der Waals surface area contributed by atoms with Gasteiger partial charge in [0.2, 0.25) is 0 Å². The molecule has 4 heteroatoms. The number of unbranched alkanes of at least 4 members (excludes halogenated alkanes) is 2. The van der Waals surface area contributed by atoms with Gasteiger partial charge in [0.05, 0.1) is 15.8 Å². The molecule has 0 bridgehead atoms. The number of nitrogens with two attached hydrogens (primary N) is 1. The molecule has 0 saturated carbocycles. The van der Waals surface area contributed by atoms with Gasteiger partial charge in [-0.1, -0.05) is 26.2 Å². The van der Waals surface area contributed by atoms with E-state index in [0.717, 1.165) is 12.1 Å². The van der Waals surface area contributed by atoms with E-state index in [9.17, 15) is 4.39 Å². The monoisotopic (exact) mass is 302 g/mol. The quantitative estimate of drug-likeness (QED) is 0.597. The van der Waals surface area contributed by atoms with Gasteiger partial charge in [0, 0.05) is 12.1 Å². The zero-order chi connectivity index (χ0) is 12.8. The van der Waals surface area contributed by atoms with Crippen molar-refractivity contribution in [1.82, 2.24) is 0 Å². The van der Waals surface area contributed by atoms with Crippen LogP contribution in [0.4, 0.5) is 15.8 Å². The predicted octanol–water partition coefficient (Wildman–Crippen LogP) is 4.55. The molecule has 1 aromatic carbocycles. The van der Waals surface area contributed by atoms with Gasteiger partial charge in [-0.3, -0.25) is 0 Å². The molecule has 0 aliphatic carbocycles. The maximum absolute atomic E-state index is 13.2. The lowest BCUT2D eigenvalue weighted by molar-refractivity contribution is 0.612. The van der Waals surface area contributed by atoms with Gasteiger partial charge < -0.3 is 11.1 Å². The van der Waals surface area contributed by atoms with E-state index >= 15 is 0 Å². The number of hydrogen-bond acceptors (Lipinski definition) is 2. The van der Waals surface area contributed by atoms with E-state index in [-0.39, 0.29) is 5.82 Å². The molecule has 0 fully saturated rings. The Morgan fingerprint density at radius 2 is 2.12 bits per heavy atom. The lowest BCUT2D eigenvalue weighted by Crippen LogP contribution is -2.16. The average Bonchev–Trinajstić information content (AvgIpc) is 2.26. The van der Waals surface area contributed by atoms with E-state index in [1.54, 1.807) is 6.07 Å². The fourth-order valence-electron chi connectivity index (χ4n) is 1.73. The molecule has 1 unspecified atom stereocenters. The summed E-state index contributed by atoms with van der Waals surface area (Å²) >= 11 is 3.16. The summed E-state index contributed by atoms with van der Waals surface area (Å²) in [5.41, 5.74) is 7.02. The van der Waals surface area contributed by atoms with Crippen molar-refractivity contribution in [1.29, 1.82) is 0 Å². The molecule has 96 valence electrons. The third kappa shape index (κ3) is 4.54. The molecule has 0 amide bonds. The van der Waals surface area contributed by atoms with Crippen LogP contribution in [-0.4, -0.2) is 6.04 Å². The first-order valence-corrected chi connectivity index (χ1v) is 6.85. The number of hydrogen-bond donors (Lipinski definition) is 2. The number of nitrogen functional groups attached to an aromatic ring is 1. The Morgan fingerprint density at radius 1 is 1.41 bits per heavy atom. The van der Waals surface area contributed by atoms with E-state index in [1.807, 2.05) is 0 Å². The Balaban J connectivity index is 2.58. The summed E-state index contributed by atoms with van der Waals surface area (Å²) in [6.07, 6.45) is 4.76. The minimum absolute atomic E-state index is 0.327. The summed E-state index contributed by atoms with van der Waals surface area (Å²) in [6, 6.07) is 3.38. The van der Waals surface area contributed by atoms with Crippen LogP contribution < -0.4 is 11.1 Å². The third-order valence-electron chi connectivity index (χ3n) is 2.74. The summed E-state index contributed by atoms with van der Waals surface area (Å²) in [5.74, 6) is -0.327. The van der Waals surface area contributed by atoms with Gasteiger partial charge in [0.25, 0.3) is 0 Å². The van der Waals surface area contributed by atoms with E-state index in [1.165, 1.54) is 25.3 Å². The van der Waals surface area contributed by atoms with Crippen molar-refractivity contribution >= 4 is 27.3 Å². The second-order valence-corrected chi connectivity index (χ2v) is 5.25. The molecular weight excluding hydrogens is 283 g/mol. The molecule has 1 aromatic rings. The maximum Gasteiger partial charge on any atom is 0.139 e. The van der Waals surface area contributed by atoms with Crippen molar-refractivity contribution in [2.24, 2.45) is 0 Å². The number of rotatable bonds is 6. The Bertz CT molecular complexity index is 369. The van der Waals surface area contributed by atoms with Crippen molar-refractivity contribution in [2.45, 2.75) is 45.6 Å². The van der Waals surface area contributed by atoms with Crippen LogP contribution in [0.1, 0.15) is 39.5 Å². The average molecular weight is 303 g/mol. The van der Waals surface area contributed by atoms with Gasteiger partial charge in [0.1, 0.15) is 5.82 Å². The summed E-state index contributed by atoms with van der Waals surface area (Å²) in [5, 5.41) is 3.32. The van der Waals surface area contributed by atoms with Crippen molar-refractivity contribution in [3.05, 3.63) is 22.4 Å². The van der Waals surface area contributed by atoms with Crippen LogP contribution in [-0.2, 0) is 0 Å². The first-order valence-electron chi connectivity index (χ1n) is 6.05. The van der Waals surface area contributed by atoms with Gasteiger partial charge in [-0.15, -0.1) is 0 Å². The highest BCUT2D eigenvalue weighted by Crippen LogP contribution is 2.27. The summed E-state index contributed by atoms with van der Waals surface area (Å²) in [7, 11) is 0. The van der Waals surface area contributed by atoms with Crippen LogP contribution in [0.25, 0.3) is 0 Å². The molecule has 1 rings (SSSR count). The highest BCUT2D eigenvalue weighted by molar-refractivity contribution is 9.10. The van der Waals surface area contributed by atoms with Crippen LogP contribution in [0, 0.1) is 5.82 Å². The van der Waals surface area contributed by atoms with Crippen LogP contribution in [0.15, 0.2) is 16.6 Å². The molecule has 0 saturated heterocycles. The standard InChI is InChI=1S/C13H20BrFN2/c1-3-4-5-6-9(2)17-13-7-10(14)11(15)8-12(13)16/h7-9,17H,3-6,16H2,1-2H3. The molecule has 0 aromatic heterocycles.